The predicted octanol–water partition coefficient (Wildman–Crippen LogP) is 3.48. The fraction of sp³-hybridized carbons (Fsp3) is 0.267. The lowest BCUT2D eigenvalue weighted by Gasteiger charge is -2.38. The van der Waals surface area contributed by atoms with Gasteiger partial charge in [-0.05, 0) is 45.8 Å². The first-order valence-corrected chi connectivity index (χ1v) is 13.2. The summed E-state index contributed by atoms with van der Waals surface area (Å²) in [6, 6.07) is 27.9. The van der Waals surface area contributed by atoms with Gasteiger partial charge in [0.2, 0.25) is 0 Å². The van der Waals surface area contributed by atoms with Gasteiger partial charge < -0.3 is 9.72 Å². The number of piperazine rings is 1. The number of H-pyrrole nitrogens is 1. The minimum Gasteiger partial charge on any atom is -0.497 e. The molecule has 9 heteroatoms. The van der Waals surface area contributed by atoms with E-state index in [1.165, 1.54) is 5.56 Å². The molecule has 6 rings (SSSR count). The van der Waals surface area contributed by atoms with Crippen LogP contribution in [0.1, 0.15) is 28.6 Å². The standard InChI is InChI=1S/C30H31N7O2/c1-39-25-12-13-27-24(18-25)19-26(30(38)31-27)28(29-32-33-34-37(29)21-23-10-6-3-7-11-23)36-16-14-35(15-17-36)20-22-8-4-2-5-9-22/h2-13,18-19,28H,14-17,20-21H2,1H3,(H,31,38)/t28-/m1/s1. The minimum absolute atomic E-state index is 0.140. The number of nitrogens with one attached hydrogen (secondary N) is 1. The molecule has 9 nitrogen and oxygen atoms in total. The zero-order valence-corrected chi connectivity index (χ0v) is 21.9. The second-order valence-electron chi connectivity index (χ2n) is 9.89. The fourth-order valence-corrected chi connectivity index (χ4v) is 5.33. The maximum absolute atomic E-state index is 13.5. The number of aromatic nitrogens is 5. The summed E-state index contributed by atoms with van der Waals surface area (Å²) in [5, 5.41) is 13.7. The van der Waals surface area contributed by atoms with Crippen LogP contribution in [0.3, 0.4) is 0 Å². The summed E-state index contributed by atoms with van der Waals surface area (Å²) < 4.78 is 7.25. The van der Waals surface area contributed by atoms with Crippen molar-refractivity contribution >= 4 is 10.9 Å². The summed E-state index contributed by atoms with van der Waals surface area (Å²) in [5.41, 5.74) is 3.64. The van der Waals surface area contributed by atoms with Crippen molar-refractivity contribution in [2.45, 2.75) is 19.1 Å². The van der Waals surface area contributed by atoms with Gasteiger partial charge in [-0.25, -0.2) is 4.68 Å². The van der Waals surface area contributed by atoms with Gasteiger partial charge in [0.15, 0.2) is 5.82 Å². The molecule has 0 aliphatic carbocycles. The molecule has 1 N–H and O–H groups in total. The van der Waals surface area contributed by atoms with Crippen LogP contribution in [0.25, 0.3) is 10.9 Å². The number of rotatable bonds is 8. The monoisotopic (exact) mass is 521 g/mol. The molecule has 39 heavy (non-hydrogen) atoms. The van der Waals surface area contributed by atoms with Crippen LogP contribution in [0, 0.1) is 0 Å². The highest BCUT2D eigenvalue weighted by Gasteiger charge is 2.32. The van der Waals surface area contributed by atoms with Gasteiger partial charge in [-0.15, -0.1) is 5.10 Å². The number of pyridine rings is 1. The molecule has 3 heterocycles. The highest BCUT2D eigenvalue weighted by atomic mass is 16.5. The highest BCUT2D eigenvalue weighted by molar-refractivity contribution is 5.80. The van der Waals surface area contributed by atoms with Crippen LogP contribution >= 0.6 is 0 Å². The summed E-state index contributed by atoms with van der Waals surface area (Å²) in [6.45, 7) is 4.75. The number of tetrazole rings is 1. The Balaban J connectivity index is 1.36. The minimum atomic E-state index is -0.401. The normalized spacial score (nSPS) is 15.4. The molecule has 198 valence electrons. The lowest BCUT2D eigenvalue weighted by atomic mass is 10.0. The SMILES string of the molecule is COc1ccc2[nH]c(=O)c([C@H](c3nnnn3Cc3ccccc3)N3CCN(Cc4ccccc4)CC3)cc2c1. The molecule has 3 aromatic carbocycles. The Morgan fingerprint density at radius 2 is 1.56 bits per heavy atom. The number of ether oxygens (including phenoxy) is 1. The first-order valence-electron chi connectivity index (χ1n) is 13.2. The van der Waals surface area contributed by atoms with Gasteiger partial charge in [-0.2, -0.15) is 0 Å². The van der Waals surface area contributed by atoms with Crippen molar-refractivity contribution < 1.29 is 4.74 Å². The van der Waals surface area contributed by atoms with Gasteiger partial charge in [0.25, 0.3) is 5.56 Å². The molecule has 0 saturated carbocycles. The predicted molar refractivity (Wildman–Crippen MR) is 150 cm³/mol. The molecule has 2 aromatic heterocycles. The van der Waals surface area contributed by atoms with Gasteiger partial charge in [0, 0.05) is 49.2 Å². The summed E-state index contributed by atoms with van der Waals surface area (Å²) >= 11 is 0. The van der Waals surface area contributed by atoms with Gasteiger partial charge >= 0.3 is 0 Å². The largest absolute Gasteiger partial charge is 0.497 e. The number of fused-ring (bicyclic) bond motifs is 1. The molecule has 1 fully saturated rings. The number of hydrogen-bond donors (Lipinski definition) is 1. The molecular formula is C30H31N7O2. The third kappa shape index (κ3) is 5.45. The van der Waals surface area contributed by atoms with Crippen molar-refractivity contribution in [2.24, 2.45) is 0 Å². The maximum atomic E-state index is 13.5. The van der Waals surface area contributed by atoms with E-state index in [0.29, 0.717) is 17.9 Å². The molecule has 0 bridgehead atoms. The Kier molecular flexibility index (Phi) is 7.16. The fourth-order valence-electron chi connectivity index (χ4n) is 5.33. The van der Waals surface area contributed by atoms with Gasteiger partial charge in [-0.3, -0.25) is 14.6 Å². The van der Waals surface area contributed by atoms with Crippen molar-refractivity contribution in [1.82, 2.24) is 35.0 Å². The lowest BCUT2D eigenvalue weighted by molar-refractivity contribution is 0.0998. The van der Waals surface area contributed by atoms with Crippen LogP contribution in [0.4, 0.5) is 0 Å². The first-order chi connectivity index (χ1) is 19.2. The lowest BCUT2D eigenvalue weighted by Crippen LogP contribution is -2.48. The molecule has 0 unspecified atom stereocenters. The Hall–Kier alpha value is -4.34. The van der Waals surface area contributed by atoms with Crippen LogP contribution in [0.2, 0.25) is 0 Å². The van der Waals surface area contributed by atoms with E-state index in [9.17, 15) is 4.79 Å². The smallest absolute Gasteiger partial charge is 0.253 e. The number of nitrogens with zero attached hydrogens (tertiary/aromatic N) is 6. The Morgan fingerprint density at radius 3 is 2.26 bits per heavy atom. The zero-order chi connectivity index (χ0) is 26.6. The van der Waals surface area contributed by atoms with Crippen molar-refractivity contribution in [1.29, 1.82) is 0 Å². The van der Waals surface area contributed by atoms with Crippen molar-refractivity contribution in [2.75, 3.05) is 33.3 Å². The Bertz CT molecular complexity index is 1590. The van der Waals surface area contributed by atoms with Gasteiger partial charge in [0.05, 0.1) is 13.7 Å². The molecule has 1 atom stereocenters. The Labute approximate surface area is 226 Å². The van der Waals surface area contributed by atoms with Crippen LogP contribution in [0.5, 0.6) is 5.75 Å². The average Bonchev–Trinajstić information content (AvgIpc) is 3.42. The number of hydrogen-bond acceptors (Lipinski definition) is 7. The summed E-state index contributed by atoms with van der Waals surface area (Å²) in [5.74, 6) is 1.39. The first kappa shape index (κ1) is 25.0. The van der Waals surface area contributed by atoms with E-state index in [4.69, 9.17) is 4.74 Å². The van der Waals surface area contributed by atoms with E-state index in [-0.39, 0.29) is 5.56 Å². The third-order valence-corrected chi connectivity index (χ3v) is 7.38. The van der Waals surface area contributed by atoms with Crippen molar-refractivity contribution in [3.63, 3.8) is 0 Å². The topological polar surface area (TPSA) is 92.2 Å². The number of aromatic amines is 1. The summed E-state index contributed by atoms with van der Waals surface area (Å²) in [7, 11) is 1.64. The molecule has 0 spiro atoms. The summed E-state index contributed by atoms with van der Waals surface area (Å²) in [6.07, 6.45) is 0. The Morgan fingerprint density at radius 1 is 0.872 bits per heavy atom. The maximum Gasteiger partial charge on any atom is 0.253 e. The number of benzene rings is 3. The molecule has 1 saturated heterocycles. The second-order valence-corrected chi connectivity index (χ2v) is 9.89. The quantitative estimate of drug-likeness (QED) is 0.334. The molecule has 1 aliphatic heterocycles. The van der Waals surface area contributed by atoms with E-state index in [1.807, 2.05) is 53.2 Å². The van der Waals surface area contributed by atoms with E-state index < -0.39 is 6.04 Å². The van der Waals surface area contributed by atoms with Crippen LogP contribution in [-0.2, 0) is 13.1 Å². The van der Waals surface area contributed by atoms with Crippen LogP contribution in [-0.4, -0.2) is 68.3 Å². The van der Waals surface area contributed by atoms with E-state index in [1.54, 1.807) is 7.11 Å². The van der Waals surface area contributed by atoms with Crippen LogP contribution < -0.4 is 10.3 Å². The molecule has 1 aliphatic rings. The molecule has 5 aromatic rings. The van der Waals surface area contributed by atoms with Crippen LogP contribution in [0.15, 0.2) is 89.7 Å². The summed E-state index contributed by atoms with van der Waals surface area (Å²) in [4.78, 5) is 21.4. The zero-order valence-electron chi connectivity index (χ0n) is 21.9. The molecule has 0 amide bonds. The van der Waals surface area contributed by atoms with E-state index in [0.717, 1.165) is 54.9 Å². The highest BCUT2D eigenvalue weighted by Crippen LogP contribution is 2.29. The molecule has 0 radical (unpaired) electrons. The van der Waals surface area contributed by atoms with E-state index >= 15 is 0 Å². The van der Waals surface area contributed by atoms with E-state index in [2.05, 4.69) is 66.7 Å². The van der Waals surface area contributed by atoms with Gasteiger partial charge in [0.1, 0.15) is 11.8 Å². The second kappa shape index (κ2) is 11.2. The average molecular weight is 522 g/mol. The van der Waals surface area contributed by atoms with Crippen molar-refractivity contribution in [3.05, 3.63) is 118 Å². The van der Waals surface area contributed by atoms with Crippen molar-refractivity contribution in [3.8, 4) is 5.75 Å². The molecular weight excluding hydrogens is 490 g/mol. The van der Waals surface area contributed by atoms with Gasteiger partial charge in [-0.1, -0.05) is 60.7 Å². The number of methoxy groups -OCH3 is 1. The third-order valence-electron chi connectivity index (χ3n) is 7.38.